The second-order valence-corrected chi connectivity index (χ2v) is 7.52. The molecule has 3 rings (SSSR count). The molecule has 0 amide bonds. The molecule has 0 spiro atoms. The van der Waals surface area contributed by atoms with Crippen LogP contribution in [0.3, 0.4) is 0 Å². The van der Waals surface area contributed by atoms with Crippen LogP contribution in [0.5, 0.6) is 0 Å². The fourth-order valence-electron chi connectivity index (χ4n) is 3.92. The standard InChI is InChI=1S/C19H29ClN4O/c1-21-19(22-12-18(25)14-5-4-6-15(20)11-14)23-16-9-10-24(13-16)17-7-2-3-8-17/h4-6,11,16-18,25H,2-3,7-10,12-13H2,1H3,(H2,21,22,23). The summed E-state index contributed by atoms with van der Waals surface area (Å²) in [5, 5.41) is 17.7. The molecule has 1 aromatic rings. The number of hydrogen-bond donors (Lipinski definition) is 3. The van der Waals surface area contributed by atoms with Crippen LogP contribution in [-0.4, -0.2) is 54.7 Å². The second-order valence-electron chi connectivity index (χ2n) is 7.09. The maximum Gasteiger partial charge on any atom is 0.191 e. The van der Waals surface area contributed by atoms with Gasteiger partial charge in [0.05, 0.1) is 6.10 Å². The summed E-state index contributed by atoms with van der Waals surface area (Å²) in [6.45, 7) is 2.66. The van der Waals surface area contributed by atoms with E-state index >= 15 is 0 Å². The lowest BCUT2D eigenvalue weighted by Gasteiger charge is -2.24. The number of guanidine groups is 1. The molecule has 5 nitrogen and oxygen atoms in total. The number of aliphatic hydroxyl groups is 1. The van der Waals surface area contributed by atoms with Gasteiger partial charge >= 0.3 is 0 Å². The van der Waals surface area contributed by atoms with Crippen molar-refractivity contribution in [2.75, 3.05) is 26.7 Å². The number of benzene rings is 1. The normalized spacial score (nSPS) is 23.8. The minimum absolute atomic E-state index is 0.402. The highest BCUT2D eigenvalue weighted by molar-refractivity contribution is 6.30. The monoisotopic (exact) mass is 364 g/mol. The van der Waals surface area contributed by atoms with Crippen LogP contribution in [0, 0.1) is 0 Å². The summed E-state index contributed by atoms with van der Waals surface area (Å²) in [4.78, 5) is 6.92. The molecule has 138 valence electrons. The zero-order chi connectivity index (χ0) is 17.6. The molecule has 1 heterocycles. The topological polar surface area (TPSA) is 59.9 Å². The van der Waals surface area contributed by atoms with Crippen molar-refractivity contribution in [2.24, 2.45) is 4.99 Å². The number of nitrogens with one attached hydrogen (secondary N) is 2. The number of likely N-dealkylation sites (tertiary alicyclic amines) is 1. The lowest BCUT2D eigenvalue weighted by Crippen LogP contribution is -2.46. The van der Waals surface area contributed by atoms with Crippen LogP contribution in [-0.2, 0) is 0 Å². The Hall–Kier alpha value is -1.30. The van der Waals surface area contributed by atoms with Crippen molar-refractivity contribution >= 4 is 17.6 Å². The van der Waals surface area contributed by atoms with E-state index in [0.29, 0.717) is 17.6 Å². The van der Waals surface area contributed by atoms with E-state index in [1.54, 1.807) is 13.1 Å². The summed E-state index contributed by atoms with van der Waals surface area (Å²) in [6.07, 6.45) is 5.99. The van der Waals surface area contributed by atoms with E-state index in [1.807, 2.05) is 18.2 Å². The van der Waals surface area contributed by atoms with Gasteiger partial charge in [-0.15, -0.1) is 0 Å². The fraction of sp³-hybridized carbons (Fsp3) is 0.632. The lowest BCUT2D eigenvalue weighted by molar-refractivity contribution is 0.180. The van der Waals surface area contributed by atoms with E-state index in [-0.39, 0.29) is 0 Å². The van der Waals surface area contributed by atoms with Gasteiger partial charge < -0.3 is 15.7 Å². The molecule has 2 unspecified atom stereocenters. The van der Waals surface area contributed by atoms with Crippen molar-refractivity contribution in [2.45, 2.75) is 50.3 Å². The van der Waals surface area contributed by atoms with Crippen LogP contribution in [0.25, 0.3) is 0 Å². The van der Waals surface area contributed by atoms with Crippen molar-refractivity contribution < 1.29 is 5.11 Å². The average molecular weight is 365 g/mol. The van der Waals surface area contributed by atoms with Crippen LogP contribution in [0.2, 0.25) is 5.02 Å². The molecule has 0 aromatic heterocycles. The third-order valence-electron chi connectivity index (χ3n) is 5.32. The quantitative estimate of drug-likeness (QED) is 0.555. The summed E-state index contributed by atoms with van der Waals surface area (Å²) in [6, 6.07) is 8.54. The van der Waals surface area contributed by atoms with E-state index in [4.69, 9.17) is 11.6 Å². The second kappa shape index (κ2) is 8.88. The molecular weight excluding hydrogens is 336 g/mol. The zero-order valence-electron chi connectivity index (χ0n) is 14.9. The minimum atomic E-state index is -0.615. The van der Waals surface area contributed by atoms with Gasteiger partial charge in [0, 0.05) is 43.8 Å². The molecule has 2 atom stereocenters. The van der Waals surface area contributed by atoms with Crippen molar-refractivity contribution in [1.29, 1.82) is 0 Å². The van der Waals surface area contributed by atoms with Crippen LogP contribution >= 0.6 is 11.6 Å². The summed E-state index contributed by atoms with van der Waals surface area (Å²) in [5.74, 6) is 0.749. The summed E-state index contributed by atoms with van der Waals surface area (Å²) >= 11 is 5.99. The van der Waals surface area contributed by atoms with E-state index in [1.165, 1.54) is 32.2 Å². The number of aliphatic hydroxyl groups excluding tert-OH is 1. The molecule has 1 aliphatic heterocycles. The maximum atomic E-state index is 10.3. The smallest absolute Gasteiger partial charge is 0.191 e. The van der Waals surface area contributed by atoms with Gasteiger partial charge in [0.15, 0.2) is 5.96 Å². The van der Waals surface area contributed by atoms with Crippen molar-refractivity contribution in [3.63, 3.8) is 0 Å². The third-order valence-corrected chi connectivity index (χ3v) is 5.56. The largest absolute Gasteiger partial charge is 0.387 e. The Kier molecular flexibility index (Phi) is 6.57. The molecule has 1 aliphatic carbocycles. The molecule has 2 aliphatic rings. The molecular formula is C19H29ClN4O. The van der Waals surface area contributed by atoms with E-state index in [0.717, 1.165) is 30.5 Å². The lowest BCUT2D eigenvalue weighted by atomic mass is 10.1. The van der Waals surface area contributed by atoms with E-state index in [2.05, 4.69) is 20.5 Å². The first-order valence-corrected chi connectivity index (χ1v) is 9.68. The van der Waals surface area contributed by atoms with E-state index < -0.39 is 6.10 Å². The number of rotatable bonds is 5. The Morgan fingerprint density at radius 3 is 2.88 bits per heavy atom. The predicted octanol–water partition coefficient (Wildman–Crippen LogP) is 2.56. The Balaban J connectivity index is 1.45. The first kappa shape index (κ1) is 18.5. The van der Waals surface area contributed by atoms with Crippen LogP contribution in [0.4, 0.5) is 0 Å². The highest BCUT2D eigenvalue weighted by atomic mass is 35.5. The van der Waals surface area contributed by atoms with Gasteiger partial charge in [0.1, 0.15) is 0 Å². The number of hydrogen-bond acceptors (Lipinski definition) is 3. The summed E-state index contributed by atoms with van der Waals surface area (Å²) in [5.41, 5.74) is 0.809. The van der Waals surface area contributed by atoms with E-state index in [9.17, 15) is 5.11 Å². The summed E-state index contributed by atoms with van der Waals surface area (Å²) in [7, 11) is 1.77. The Morgan fingerprint density at radius 2 is 2.16 bits per heavy atom. The van der Waals surface area contributed by atoms with Gasteiger partial charge in [-0.05, 0) is 37.0 Å². The Labute approximate surface area is 155 Å². The van der Waals surface area contributed by atoms with Crippen LogP contribution in [0.1, 0.15) is 43.8 Å². The van der Waals surface area contributed by atoms with Gasteiger partial charge in [-0.2, -0.15) is 0 Å². The van der Waals surface area contributed by atoms with Crippen LogP contribution < -0.4 is 10.6 Å². The first-order chi connectivity index (χ1) is 12.2. The van der Waals surface area contributed by atoms with Gasteiger partial charge in [-0.25, -0.2) is 0 Å². The minimum Gasteiger partial charge on any atom is -0.387 e. The van der Waals surface area contributed by atoms with Gasteiger partial charge in [0.2, 0.25) is 0 Å². The fourth-order valence-corrected chi connectivity index (χ4v) is 4.12. The SMILES string of the molecule is CN=C(NCC(O)c1cccc(Cl)c1)NC1CCN(C2CCCC2)C1. The van der Waals surface area contributed by atoms with Crippen molar-refractivity contribution in [1.82, 2.24) is 15.5 Å². The van der Waals surface area contributed by atoms with Gasteiger partial charge in [-0.3, -0.25) is 9.89 Å². The molecule has 0 radical (unpaired) electrons. The number of aliphatic imine (C=N–C) groups is 1. The molecule has 3 N–H and O–H groups in total. The highest BCUT2D eigenvalue weighted by Crippen LogP contribution is 2.26. The molecule has 25 heavy (non-hydrogen) atoms. The molecule has 1 saturated heterocycles. The zero-order valence-corrected chi connectivity index (χ0v) is 15.7. The molecule has 1 saturated carbocycles. The van der Waals surface area contributed by atoms with Crippen molar-refractivity contribution in [3.8, 4) is 0 Å². The maximum absolute atomic E-state index is 10.3. The molecule has 2 fully saturated rings. The Bertz CT molecular complexity index is 589. The first-order valence-electron chi connectivity index (χ1n) is 9.30. The highest BCUT2D eigenvalue weighted by Gasteiger charge is 2.30. The molecule has 0 bridgehead atoms. The molecule has 6 heteroatoms. The average Bonchev–Trinajstić information content (AvgIpc) is 3.29. The van der Waals surface area contributed by atoms with Gasteiger partial charge in [0.25, 0.3) is 0 Å². The summed E-state index contributed by atoms with van der Waals surface area (Å²) < 4.78 is 0. The Morgan fingerprint density at radius 1 is 1.36 bits per heavy atom. The third kappa shape index (κ3) is 5.09. The van der Waals surface area contributed by atoms with Gasteiger partial charge in [-0.1, -0.05) is 36.6 Å². The van der Waals surface area contributed by atoms with Crippen molar-refractivity contribution in [3.05, 3.63) is 34.9 Å². The van der Waals surface area contributed by atoms with Crippen LogP contribution in [0.15, 0.2) is 29.3 Å². The predicted molar refractivity (Wildman–Crippen MR) is 103 cm³/mol. The molecule has 1 aromatic carbocycles. The number of nitrogens with zero attached hydrogens (tertiary/aromatic N) is 2. The number of halogens is 1.